The molecule has 0 aliphatic rings. The van der Waals surface area contributed by atoms with Gasteiger partial charge in [0.2, 0.25) is 15.9 Å². The lowest BCUT2D eigenvalue weighted by Crippen LogP contribution is -2.39. The fourth-order valence-corrected chi connectivity index (χ4v) is 4.65. The molecule has 2 aromatic rings. The molecule has 0 bridgehead atoms. The van der Waals surface area contributed by atoms with Crippen molar-refractivity contribution in [1.29, 1.82) is 0 Å². The van der Waals surface area contributed by atoms with Crippen LogP contribution in [0.4, 0.5) is 10.1 Å². The van der Waals surface area contributed by atoms with Gasteiger partial charge in [0.1, 0.15) is 5.82 Å². The zero-order chi connectivity index (χ0) is 22.5. The van der Waals surface area contributed by atoms with E-state index >= 15 is 0 Å². The Morgan fingerprint density at radius 3 is 2.27 bits per heavy atom. The molecule has 0 fully saturated rings. The fraction of sp³-hybridized carbons (Fsp3) is 0.381. The molecule has 1 amide bonds. The Bertz CT molecular complexity index is 979. The van der Waals surface area contributed by atoms with E-state index in [1.165, 1.54) is 22.5 Å². The minimum Gasteiger partial charge on any atom is -0.322 e. The molecule has 0 saturated heterocycles. The van der Waals surface area contributed by atoms with E-state index in [0.29, 0.717) is 18.1 Å². The van der Waals surface area contributed by atoms with Crippen molar-refractivity contribution in [2.75, 3.05) is 18.4 Å². The van der Waals surface area contributed by atoms with Crippen LogP contribution < -0.4 is 10.6 Å². The smallest absolute Gasteiger partial charge is 0.243 e. The summed E-state index contributed by atoms with van der Waals surface area (Å²) in [5, 5.41) is 5.96. The van der Waals surface area contributed by atoms with Crippen LogP contribution in [0.25, 0.3) is 0 Å². The summed E-state index contributed by atoms with van der Waals surface area (Å²) in [6, 6.07) is 9.63. The summed E-state index contributed by atoms with van der Waals surface area (Å²) < 4.78 is 40.4. The van der Waals surface area contributed by atoms with Gasteiger partial charge < -0.3 is 5.32 Å². The Kier molecular flexibility index (Phi) is 8.37. The summed E-state index contributed by atoms with van der Waals surface area (Å²) in [4.78, 5) is 12.6. The molecule has 9 heteroatoms. The van der Waals surface area contributed by atoms with E-state index in [9.17, 15) is 17.6 Å². The average Bonchev–Trinajstić information content (AvgIpc) is 2.71. The maximum absolute atomic E-state index is 13.8. The third-order valence-electron chi connectivity index (χ3n) is 4.80. The standard InChI is InChI=1S/C21H27ClFN3O3S/c1-5-26(6-2)30(28,29)18-10-7-16(8-11-18)14(3)24-15(4)21(27)25-20-13-17(22)9-12-19(20)23/h7-15,24H,5-6H2,1-4H3,(H,25,27). The van der Waals surface area contributed by atoms with E-state index < -0.39 is 27.8 Å². The van der Waals surface area contributed by atoms with Gasteiger partial charge in [-0.2, -0.15) is 4.31 Å². The van der Waals surface area contributed by atoms with Crippen molar-refractivity contribution >= 4 is 33.2 Å². The van der Waals surface area contributed by atoms with Crippen molar-refractivity contribution < 1.29 is 17.6 Å². The van der Waals surface area contributed by atoms with Gasteiger partial charge in [0, 0.05) is 24.2 Å². The molecule has 0 saturated carbocycles. The van der Waals surface area contributed by atoms with Gasteiger partial charge in [-0.3, -0.25) is 10.1 Å². The number of benzene rings is 2. The first kappa shape index (κ1) is 24.3. The predicted molar refractivity (Wildman–Crippen MR) is 118 cm³/mol. The maximum atomic E-state index is 13.8. The minimum absolute atomic E-state index is 0.0137. The van der Waals surface area contributed by atoms with E-state index in [2.05, 4.69) is 10.6 Å². The van der Waals surface area contributed by atoms with Crippen molar-refractivity contribution in [3.63, 3.8) is 0 Å². The number of anilines is 1. The van der Waals surface area contributed by atoms with Gasteiger partial charge in [0.15, 0.2) is 0 Å². The normalized spacial score (nSPS) is 13.8. The van der Waals surface area contributed by atoms with Crippen molar-refractivity contribution in [3.8, 4) is 0 Å². The zero-order valence-corrected chi connectivity index (χ0v) is 19.0. The van der Waals surface area contributed by atoms with E-state index in [4.69, 9.17) is 11.6 Å². The molecule has 2 rings (SSSR count). The van der Waals surface area contributed by atoms with Crippen LogP contribution >= 0.6 is 11.6 Å². The van der Waals surface area contributed by atoms with Gasteiger partial charge in [-0.15, -0.1) is 0 Å². The van der Waals surface area contributed by atoms with E-state index in [-0.39, 0.29) is 16.6 Å². The first-order valence-corrected chi connectivity index (χ1v) is 11.5. The van der Waals surface area contributed by atoms with Crippen LogP contribution in [0.15, 0.2) is 47.4 Å². The van der Waals surface area contributed by atoms with Crippen molar-refractivity contribution in [2.45, 2.75) is 44.7 Å². The predicted octanol–water partition coefficient (Wildman–Crippen LogP) is 4.19. The summed E-state index contributed by atoms with van der Waals surface area (Å²) in [6.07, 6.45) is 0. The van der Waals surface area contributed by atoms with Gasteiger partial charge in [0.25, 0.3) is 0 Å². The number of halogens is 2. The highest BCUT2D eigenvalue weighted by atomic mass is 35.5. The van der Waals surface area contributed by atoms with E-state index in [1.54, 1.807) is 45.0 Å². The largest absolute Gasteiger partial charge is 0.322 e. The second-order valence-electron chi connectivity index (χ2n) is 6.88. The summed E-state index contributed by atoms with van der Waals surface area (Å²) in [5.74, 6) is -0.984. The monoisotopic (exact) mass is 455 g/mol. The molecule has 0 radical (unpaired) electrons. The van der Waals surface area contributed by atoms with Gasteiger partial charge in [0.05, 0.1) is 16.6 Å². The maximum Gasteiger partial charge on any atom is 0.243 e. The molecular weight excluding hydrogens is 429 g/mol. The number of rotatable bonds is 9. The molecule has 6 nitrogen and oxygen atoms in total. The number of hydrogen-bond acceptors (Lipinski definition) is 4. The highest BCUT2D eigenvalue weighted by Gasteiger charge is 2.22. The van der Waals surface area contributed by atoms with E-state index in [1.807, 2.05) is 6.92 Å². The van der Waals surface area contributed by atoms with E-state index in [0.717, 1.165) is 5.56 Å². The minimum atomic E-state index is -3.52. The molecule has 0 spiro atoms. The number of nitrogens with zero attached hydrogens (tertiary/aromatic N) is 1. The SMILES string of the molecule is CCN(CC)S(=O)(=O)c1ccc(C(C)NC(C)C(=O)Nc2cc(Cl)ccc2F)cc1. The molecule has 0 aliphatic heterocycles. The lowest BCUT2D eigenvalue weighted by atomic mass is 10.1. The fourth-order valence-electron chi connectivity index (χ4n) is 3.02. The molecule has 0 aliphatic carbocycles. The van der Waals surface area contributed by atoms with Crippen LogP contribution in [0.3, 0.4) is 0 Å². The van der Waals surface area contributed by atoms with Gasteiger partial charge in [-0.05, 0) is 49.7 Å². The second kappa shape index (κ2) is 10.3. The molecule has 2 aromatic carbocycles. The number of hydrogen-bond donors (Lipinski definition) is 2. The Morgan fingerprint density at radius 2 is 1.70 bits per heavy atom. The van der Waals surface area contributed by atoms with Crippen LogP contribution in [-0.2, 0) is 14.8 Å². The van der Waals surface area contributed by atoms with Crippen molar-refractivity contribution in [2.24, 2.45) is 0 Å². The highest BCUT2D eigenvalue weighted by molar-refractivity contribution is 7.89. The molecule has 164 valence electrons. The number of carbonyl (C=O) groups is 1. The van der Waals surface area contributed by atoms with Gasteiger partial charge in [-0.25, -0.2) is 12.8 Å². The third-order valence-corrected chi connectivity index (χ3v) is 7.10. The van der Waals surface area contributed by atoms with Gasteiger partial charge >= 0.3 is 0 Å². The zero-order valence-electron chi connectivity index (χ0n) is 17.4. The number of amides is 1. The summed E-state index contributed by atoms with van der Waals surface area (Å²) in [5.41, 5.74) is 0.835. The third kappa shape index (κ3) is 5.78. The van der Waals surface area contributed by atoms with Crippen molar-refractivity contribution in [1.82, 2.24) is 9.62 Å². The molecule has 2 atom stereocenters. The lowest BCUT2D eigenvalue weighted by molar-refractivity contribution is -0.118. The van der Waals surface area contributed by atoms with Crippen LogP contribution in [0.1, 0.15) is 39.3 Å². The Balaban J connectivity index is 2.05. The Labute approximate surface area is 182 Å². The van der Waals surface area contributed by atoms with Crippen LogP contribution in [0, 0.1) is 5.82 Å². The molecule has 0 heterocycles. The quantitative estimate of drug-likeness (QED) is 0.594. The Morgan fingerprint density at radius 1 is 1.10 bits per heavy atom. The van der Waals surface area contributed by atoms with Crippen LogP contribution in [-0.4, -0.2) is 37.8 Å². The highest BCUT2D eigenvalue weighted by Crippen LogP contribution is 2.21. The van der Waals surface area contributed by atoms with Gasteiger partial charge in [-0.1, -0.05) is 37.6 Å². The average molecular weight is 456 g/mol. The second-order valence-corrected chi connectivity index (χ2v) is 9.26. The summed E-state index contributed by atoms with van der Waals surface area (Å²) in [7, 11) is -3.52. The lowest BCUT2D eigenvalue weighted by Gasteiger charge is -2.21. The molecule has 30 heavy (non-hydrogen) atoms. The first-order chi connectivity index (χ1) is 14.1. The Hall–Kier alpha value is -2.00. The molecule has 2 unspecified atom stereocenters. The summed E-state index contributed by atoms with van der Waals surface area (Å²) in [6.45, 7) is 7.91. The number of nitrogens with one attached hydrogen (secondary N) is 2. The molecule has 2 N–H and O–H groups in total. The van der Waals surface area contributed by atoms with Crippen LogP contribution in [0.5, 0.6) is 0 Å². The van der Waals surface area contributed by atoms with Crippen LogP contribution in [0.2, 0.25) is 5.02 Å². The number of carbonyl (C=O) groups excluding carboxylic acids is 1. The first-order valence-electron chi connectivity index (χ1n) is 9.72. The summed E-state index contributed by atoms with van der Waals surface area (Å²) >= 11 is 5.85. The molecule has 0 aromatic heterocycles. The topological polar surface area (TPSA) is 78.5 Å². The number of sulfonamides is 1. The van der Waals surface area contributed by atoms with Crippen molar-refractivity contribution in [3.05, 3.63) is 58.9 Å². The molecular formula is C21H27ClFN3O3S.